The fraction of sp³-hybridized carbons (Fsp3) is 0.263. The third-order valence-electron chi connectivity index (χ3n) is 4.02. The Morgan fingerprint density at radius 3 is 2.56 bits per heavy atom. The SMILES string of the molecule is CC(NC(=O)CCC(=O)c1ccc(Br)cc1)c1ccc2c(c1)OCO2. The summed E-state index contributed by atoms with van der Waals surface area (Å²) in [7, 11) is 0. The number of nitrogens with one attached hydrogen (secondary N) is 1. The van der Waals surface area contributed by atoms with Crippen LogP contribution in [0.5, 0.6) is 11.5 Å². The lowest BCUT2D eigenvalue weighted by molar-refractivity contribution is -0.121. The largest absolute Gasteiger partial charge is 0.454 e. The van der Waals surface area contributed by atoms with Crippen LogP contribution in [0.1, 0.15) is 41.7 Å². The van der Waals surface area contributed by atoms with Crippen molar-refractivity contribution in [3.63, 3.8) is 0 Å². The van der Waals surface area contributed by atoms with Crippen LogP contribution in [-0.2, 0) is 4.79 Å². The molecule has 1 N–H and O–H groups in total. The van der Waals surface area contributed by atoms with Crippen LogP contribution >= 0.6 is 15.9 Å². The first kappa shape index (κ1) is 17.5. The van der Waals surface area contributed by atoms with Gasteiger partial charge in [-0.3, -0.25) is 9.59 Å². The van der Waals surface area contributed by atoms with Crippen LogP contribution in [0.3, 0.4) is 0 Å². The Bertz CT molecular complexity index is 789. The standard InChI is InChI=1S/C19H18BrNO4/c1-12(14-4-8-17-18(10-14)25-11-24-17)21-19(23)9-7-16(22)13-2-5-15(20)6-3-13/h2-6,8,10,12H,7,9,11H2,1H3,(H,21,23). The molecule has 0 radical (unpaired) electrons. The summed E-state index contributed by atoms with van der Waals surface area (Å²) in [6.45, 7) is 2.11. The topological polar surface area (TPSA) is 64.6 Å². The lowest BCUT2D eigenvalue weighted by Gasteiger charge is -2.14. The number of hydrogen-bond acceptors (Lipinski definition) is 4. The molecule has 25 heavy (non-hydrogen) atoms. The van der Waals surface area contributed by atoms with Crippen molar-refractivity contribution >= 4 is 27.6 Å². The summed E-state index contributed by atoms with van der Waals surface area (Å²) in [5.41, 5.74) is 1.54. The van der Waals surface area contributed by atoms with Gasteiger partial charge in [-0.05, 0) is 36.8 Å². The maximum Gasteiger partial charge on any atom is 0.231 e. The summed E-state index contributed by atoms with van der Waals surface area (Å²) in [4.78, 5) is 24.2. The van der Waals surface area contributed by atoms with E-state index >= 15 is 0 Å². The molecule has 1 atom stereocenters. The number of Topliss-reactive ketones (excluding diaryl/α,β-unsaturated/α-hetero) is 1. The second-order valence-electron chi connectivity index (χ2n) is 5.83. The molecular weight excluding hydrogens is 386 g/mol. The Hall–Kier alpha value is -2.34. The predicted octanol–water partition coefficient (Wildman–Crippen LogP) is 4.02. The Morgan fingerprint density at radius 2 is 1.80 bits per heavy atom. The molecule has 2 aromatic carbocycles. The first-order chi connectivity index (χ1) is 12.0. The molecule has 1 unspecified atom stereocenters. The summed E-state index contributed by atoms with van der Waals surface area (Å²) >= 11 is 3.33. The molecule has 0 saturated heterocycles. The van der Waals surface area contributed by atoms with Crippen LogP contribution < -0.4 is 14.8 Å². The van der Waals surface area contributed by atoms with Crippen LogP contribution in [-0.4, -0.2) is 18.5 Å². The molecule has 6 heteroatoms. The highest BCUT2D eigenvalue weighted by Gasteiger charge is 2.17. The normalized spacial score (nSPS) is 13.4. The third kappa shape index (κ3) is 4.39. The molecule has 1 aliphatic rings. The van der Waals surface area contributed by atoms with Gasteiger partial charge in [-0.1, -0.05) is 34.1 Å². The fourth-order valence-electron chi connectivity index (χ4n) is 2.59. The van der Waals surface area contributed by atoms with Crippen LogP contribution in [0.15, 0.2) is 46.9 Å². The van der Waals surface area contributed by atoms with Crippen molar-refractivity contribution in [2.45, 2.75) is 25.8 Å². The molecule has 0 aromatic heterocycles. The zero-order chi connectivity index (χ0) is 17.8. The van der Waals surface area contributed by atoms with Crippen LogP contribution in [0, 0.1) is 0 Å². The average molecular weight is 404 g/mol. The van der Waals surface area contributed by atoms with Gasteiger partial charge in [-0.15, -0.1) is 0 Å². The average Bonchev–Trinajstić information content (AvgIpc) is 3.08. The number of ketones is 1. The minimum atomic E-state index is -0.176. The molecule has 0 aliphatic carbocycles. The first-order valence-corrected chi connectivity index (χ1v) is 8.80. The second-order valence-corrected chi connectivity index (χ2v) is 6.75. The van der Waals surface area contributed by atoms with Gasteiger partial charge in [0.05, 0.1) is 6.04 Å². The number of carbonyl (C=O) groups is 2. The molecule has 1 amide bonds. The van der Waals surface area contributed by atoms with Crippen molar-refractivity contribution in [3.05, 3.63) is 58.1 Å². The summed E-state index contributed by atoms with van der Waals surface area (Å²) in [6.07, 6.45) is 0.338. The number of halogens is 1. The molecule has 0 bridgehead atoms. The molecular formula is C19H18BrNO4. The second kappa shape index (κ2) is 7.70. The minimum Gasteiger partial charge on any atom is -0.454 e. The van der Waals surface area contributed by atoms with E-state index in [4.69, 9.17) is 9.47 Å². The molecule has 0 fully saturated rings. The van der Waals surface area contributed by atoms with Crippen molar-refractivity contribution in [1.82, 2.24) is 5.32 Å². The molecule has 1 heterocycles. The number of benzene rings is 2. The summed E-state index contributed by atoms with van der Waals surface area (Å²) in [5, 5.41) is 2.91. The number of carbonyl (C=O) groups excluding carboxylic acids is 2. The van der Waals surface area contributed by atoms with E-state index in [1.54, 1.807) is 12.1 Å². The number of ether oxygens (including phenoxy) is 2. The highest BCUT2D eigenvalue weighted by molar-refractivity contribution is 9.10. The summed E-state index contributed by atoms with van der Waals surface area (Å²) in [5.74, 6) is 1.19. The van der Waals surface area contributed by atoms with Crippen LogP contribution in [0.4, 0.5) is 0 Å². The summed E-state index contributed by atoms with van der Waals surface area (Å²) in [6, 6.07) is 12.5. The van der Waals surface area contributed by atoms with E-state index in [2.05, 4.69) is 21.2 Å². The Labute approximate surface area is 154 Å². The van der Waals surface area contributed by atoms with Crippen molar-refractivity contribution in [3.8, 4) is 11.5 Å². The Balaban J connectivity index is 1.52. The van der Waals surface area contributed by atoms with Gasteiger partial charge in [0.1, 0.15) is 0 Å². The van der Waals surface area contributed by atoms with Gasteiger partial charge in [-0.25, -0.2) is 0 Å². The van der Waals surface area contributed by atoms with Crippen molar-refractivity contribution in [1.29, 1.82) is 0 Å². The van der Waals surface area contributed by atoms with Crippen LogP contribution in [0.25, 0.3) is 0 Å². The van der Waals surface area contributed by atoms with Gasteiger partial charge in [-0.2, -0.15) is 0 Å². The van der Waals surface area contributed by atoms with E-state index in [0.29, 0.717) is 17.1 Å². The van der Waals surface area contributed by atoms with E-state index in [9.17, 15) is 9.59 Å². The van der Waals surface area contributed by atoms with Gasteiger partial charge in [0.2, 0.25) is 12.7 Å². The van der Waals surface area contributed by atoms with E-state index in [0.717, 1.165) is 10.0 Å². The smallest absolute Gasteiger partial charge is 0.231 e. The molecule has 0 spiro atoms. The number of rotatable bonds is 6. The van der Waals surface area contributed by atoms with Gasteiger partial charge < -0.3 is 14.8 Å². The zero-order valence-corrected chi connectivity index (χ0v) is 15.3. The minimum absolute atomic E-state index is 0.0432. The lowest BCUT2D eigenvalue weighted by Crippen LogP contribution is -2.26. The quantitative estimate of drug-likeness (QED) is 0.739. The highest BCUT2D eigenvalue weighted by atomic mass is 79.9. The molecule has 3 rings (SSSR count). The Morgan fingerprint density at radius 1 is 1.08 bits per heavy atom. The molecule has 0 saturated carbocycles. The maximum absolute atomic E-state index is 12.1. The summed E-state index contributed by atoms with van der Waals surface area (Å²) < 4.78 is 11.5. The van der Waals surface area contributed by atoms with E-state index in [-0.39, 0.29) is 37.4 Å². The number of hydrogen-bond donors (Lipinski definition) is 1. The predicted molar refractivity (Wildman–Crippen MR) is 96.8 cm³/mol. The first-order valence-electron chi connectivity index (χ1n) is 8.00. The molecule has 130 valence electrons. The zero-order valence-electron chi connectivity index (χ0n) is 13.8. The van der Waals surface area contributed by atoms with Gasteiger partial charge in [0.15, 0.2) is 17.3 Å². The van der Waals surface area contributed by atoms with Crippen molar-refractivity contribution in [2.75, 3.05) is 6.79 Å². The number of amides is 1. The molecule has 1 aliphatic heterocycles. The molecule has 5 nitrogen and oxygen atoms in total. The lowest BCUT2D eigenvalue weighted by atomic mass is 10.1. The van der Waals surface area contributed by atoms with E-state index < -0.39 is 0 Å². The van der Waals surface area contributed by atoms with E-state index in [1.165, 1.54) is 0 Å². The van der Waals surface area contributed by atoms with Gasteiger partial charge in [0, 0.05) is 22.9 Å². The highest BCUT2D eigenvalue weighted by Crippen LogP contribution is 2.34. The molecule has 2 aromatic rings. The fourth-order valence-corrected chi connectivity index (χ4v) is 2.85. The van der Waals surface area contributed by atoms with Crippen molar-refractivity contribution in [2.24, 2.45) is 0 Å². The van der Waals surface area contributed by atoms with E-state index in [1.807, 2.05) is 37.3 Å². The third-order valence-corrected chi connectivity index (χ3v) is 4.55. The Kier molecular flexibility index (Phi) is 5.38. The van der Waals surface area contributed by atoms with Gasteiger partial charge >= 0.3 is 0 Å². The van der Waals surface area contributed by atoms with Crippen LogP contribution in [0.2, 0.25) is 0 Å². The number of fused-ring (bicyclic) bond motifs is 1. The van der Waals surface area contributed by atoms with Crippen molar-refractivity contribution < 1.29 is 19.1 Å². The monoisotopic (exact) mass is 403 g/mol. The maximum atomic E-state index is 12.1. The van der Waals surface area contributed by atoms with Gasteiger partial charge in [0.25, 0.3) is 0 Å².